The summed E-state index contributed by atoms with van der Waals surface area (Å²) in [6.45, 7) is 12.4. The number of aliphatic imine (C=N–C) groups is 1. The molecule has 1 aromatic carbocycles. The number of carbonyl (C=O) groups excluding carboxylic acids is 3. The molecule has 0 spiro atoms. The zero-order valence-electron chi connectivity index (χ0n) is 20.8. The number of para-hydroxylation sites is 1. The molecule has 0 radical (unpaired) electrons. The Labute approximate surface area is 196 Å². The molecule has 0 unspecified atom stereocenters. The van der Waals surface area contributed by atoms with Gasteiger partial charge in [0.2, 0.25) is 11.8 Å². The van der Waals surface area contributed by atoms with Crippen LogP contribution in [0.25, 0.3) is 0 Å². The number of methoxy groups -OCH3 is 1. The monoisotopic (exact) mass is 463 g/mol. The zero-order valence-corrected chi connectivity index (χ0v) is 20.8. The summed E-state index contributed by atoms with van der Waals surface area (Å²) in [4.78, 5) is 42.0. The van der Waals surface area contributed by atoms with E-state index in [1.807, 2.05) is 41.5 Å². The molecule has 3 N–H and O–H groups in total. The molecule has 33 heavy (non-hydrogen) atoms. The van der Waals surface area contributed by atoms with Crippen molar-refractivity contribution in [2.45, 2.75) is 72.3 Å². The van der Waals surface area contributed by atoms with Crippen LogP contribution in [0.2, 0.25) is 0 Å². The number of phenols is 1. The minimum atomic E-state index is -1.08. The summed E-state index contributed by atoms with van der Waals surface area (Å²) in [5.74, 6) is -1.64. The quantitative estimate of drug-likeness (QED) is 0.381. The van der Waals surface area contributed by atoms with Crippen molar-refractivity contribution in [2.24, 2.45) is 10.4 Å². The SMILES string of the molecule is COC(=O)CNC(=O)[C@@H](NC(=O)[C@@H](N=Cc1ccccc1O)C(C)(C)C)[C@@H](C)OC(C)(C)C. The number of esters is 1. The second kappa shape index (κ2) is 11.8. The third-order valence-electron chi connectivity index (χ3n) is 4.59. The van der Waals surface area contributed by atoms with Crippen molar-refractivity contribution in [1.82, 2.24) is 10.6 Å². The molecule has 0 aliphatic heterocycles. The highest BCUT2D eigenvalue weighted by atomic mass is 16.5. The average molecular weight is 464 g/mol. The molecule has 0 saturated carbocycles. The molecule has 184 valence electrons. The number of ether oxygens (including phenoxy) is 2. The van der Waals surface area contributed by atoms with E-state index >= 15 is 0 Å². The van der Waals surface area contributed by atoms with Crippen LogP contribution in [-0.2, 0) is 23.9 Å². The van der Waals surface area contributed by atoms with Crippen LogP contribution in [0.3, 0.4) is 0 Å². The first-order valence-corrected chi connectivity index (χ1v) is 10.8. The number of aromatic hydroxyl groups is 1. The lowest BCUT2D eigenvalue weighted by atomic mass is 9.86. The van der Waals surface area contributed by atoms with E-state index in [1.165, 1.54) is 19.4 Å². The Kier molecular flexibility index (Phi) is 10.0. The smallest absolute Gasteiger partial charge is 0.325 e. The summed E-state index contributed by atoms with van der Waals surface area (Å²) < 4.78 is 10.5. The number of carbonyl (C=O) groups is 3. The largest absolute Gasteiger partial charge is 0.507 e. The molecule has 0 heterocycles. The van der Waals surface area contributed by atoms with Gasteiger partial charge in [-0.3, -0.25) is 19.4 Å². The maximum absolute atomic E-state index is 13.3. The van der Waals surface area contributed by atoms with E-state index in [4.69, 9.17) is 4.74 Å². The van der Waals surface area contributed by atoms with E-state index < -0.39 is 47.0 Å². The summed E-state index contributed by atoms with van der Waals surface area (Å²) in [5.41, 5.74) is -0.694. The van der Waals surface area contributed by atoms with Crippen LogP contribution < -0.4 is 10.6 Å². The van der Waals surface area contributed by atoms with Gasteiger partial charge in [-0.05, 0) is 45.2 Å². The third kappa shape index (κ3) is 9.61. The Morgan fingerprint density at radius 3 is 2.21 bits per heavy atom. The number of benzene rings is 1. The van der Waals surface area contributed by atoms with Crippen molar-refractivity contribution in [2.75, 3.05) is 13.7 Å². The van der Waals surface area contributed by atoms with E-state index in [1.54, 1.807) is 25.1 Å². The van der Waals surface area contributed by atoms with E-state index in [-0.39, 0.29) is 12.3 Å². The van der Waals surface area contributed by atoms with Crippen LogP contribution in [0.5, 0.6) is 5.75 Å². The highest BCUT2D eigenvalue weighted by molar-refractivity contribution is 5.93. The predicted octanol–water partition coefficient (Wildman–Crippen LogP) is 2.20. The van der Waals surface area contributed by atoms with Gasteiger partial charge in [0.05, 0.1) is 18.8 Å². The van der Waals surface area contributed by atoms with Gasteiger partial charge >= 0.3 is 5.97 Å². The van der Waals surface area contributed by atoms with Gasteiger partial charge in [-0.1, -0.05) is 32.9 Å². The first kappa shape index (κ1) is 28.1. The van der Waals surface area contributed by atoms with Crippen molar-refractivity contribution in [3.8, 4) is 5.75 Å². The molecule has 0 fully saturated rings. The lowest BCUT2D eigenvalue weighted by Crippen LogP contribution is -2.57. The normalized spacial score (nSPS) is 14.9. The maximum Gasteiger partial charge on any atom is 0.325 e. The molecule has 1 rings (SSSR count). The van der Waals surface area contributed by atoms with Gasteiger partial charge in [0.1, 0.15) is 24.4 Å². The molecular weight excluding hydrogens is 426 g/mol. The number of amides is 2. The molecule has 0 bridgehead atoms. The second-order valence-corrected chi connectivity index (χ2v) is 9.82. The molecule has 0 aliphatic rings. The minimum absolute atomic E-state index is 0.0431. The fourth-order valence-corrected chi connectivity index (χ4v) is 3.03. The number of rotatable bonds is 9. The van der Waals surface area contributed by atoms with Crippen LogP contribution >= 0.6 is 0 Å². The second-order valence-electron chi connectivity index (χ2n) is 9.82. The fraction of sp³-hybridized carbons (Fsp3) is 0.583. The molecule has 9 heteroatoms. The number of nitrogens with one attached hydrogen (secondary N) is 2. The molecule has 0 aliphatic carbocycles. The van der Waals surface area contributed by atoms with Gasteiger partial charge in [0, 0.05) is 11.8 Å². The Morgan fingerprint density at radius 2 is 1.70 bits per heavy atom. The zero-order chi connectivity index (χ0) is 25.4. The lowest BCUT2D eigenvalue weighted by Gasteiger charge is -2.33. The minimum Gasteiger partial charge on any atom is -0.507 e. The summed E-state index contributed by atoms with van der Waals surface area (Å²) in [6, 6.07) is 4.70. The Morgan fingerprint density at radius 1 is 1.09 bits per heavy atom. The Bertz CT molecular complexity index is 854. The van der Waals surface area contributed by atoms with Crippen LogP contribution in [0.15, 0.2) is 29.3 Å². The van der Waals surface area contributed by atoms with E-state index in [9.17, 15) is 19.5 Å². The van der Waals surface area contributed by atoms with E-state index in [2.05, 4.69) is 20.4 Å². The van der Waals surface area contributed by atoms with Gasteiger partial charge < -0.3 is 25.2 Å². The Hall–Kier alpha value is -2.94. The number of nitrogens with zero attached hydrogens (tertiary/aromatic N) is 1. The summed E-state index contributed by atoms with van der Waals surface area (Å²) >= 11 is 0. The topological polar surface area (TPSA) is 126 Å². The van der Waals surface area contributed by atoms with Crippen molar-refractivity contribution in [3.63, 3.8) is 0 Å². The van der Waals surface area contributed by atoms with Crippen molar-refractivity contribution >= 4 is 24.0 Å². The maximum atomic E-state index is 13.3. The third-order valence-corrected chi connectivity index (χ3v) is 4.59. The molecule has 2 amide bonds. The highest BCUT2D eigenvalue weighted by Crippen LogP contribution is 2.24. The van der Waals surface area contributed by atoms with Crippen molar-refractivity contribution < 1.29 is 29.0 Å². The van der Waals surface area contributed by atoms with Gasteiger partial charge in [0.15, 0.2) is 0 Å². The van der Waals surface area contributed by atoms with Crippen molar-refractivity contribution in [1.29, 1.82) is 0 Å². The van der Waals surface area contributed by atoms with Crippen LogP contribution in [0, 0.1) is 5.41 Å². The summed E-state index contributed by atoms with van der Waals surface area (Å²) in [7, 11) is 1.22. The number of hydrogen-bond donors (Lipinski definition) is 3. The van der Waals surface area contributed by atoms with Crippen LogP contribution in [0.4, 0.5) is 0 Å². The van der Waals surface area contributed by atoms with E-state index in [0.717, 1.165) is 0 Å². The first-order valence-electron chi connectivity index (χ1n) is 10.8. The van der Waals surface area contributed by atoms with Gasteiger partial charge in [0.25, 0.3) is 0 Å². The molecule has 9 nitrogen and oxygen atoms in total. The molecule has 0 aromatic heterocycles. The first-order chi connectivity index (χ1) is 15.2. The van der Waals surface area contributed by atoms with Gasteiger partial charge in [-0.25, -0.2) is 0 Å². The van der Waals surface area contributed by atoms with Crippen LogP contribution in [0.1, 0.15) is 54.0 Å². The van der Waals surface area contributed by atoms with Gasteiger partial charge in [-0.15, -0.1) is 0 Å². The summed E-state index contributed by atoms with van der Waals surface area (Å²) in [6.07, 6.45) is 0.737. The number of phenolic OH excluding ortho intramolecular Hbond substituents is 1. The highest BCUT2D eigenvalue weighted by Gasteiger charge is 2.36. The summed E-state index contributed by atoms with van der Waals surface area (Å²) in [5, 5.41) is 15.2. The van der Waals surface area contributed by atoms with Crippen molar-refractivity contribution in [3.05, 3.63) is 29.8 Å². The fourth-order valence-electron chi connectivity index (χ4n) is 3.03. The molecule has 1 aromatic rings. The standard InChI is InChI=1S/C24H37N3O6/c1-15(33-24(5,6)7)19(21(30)26-14-18(29)32-8)27-22(31)20(23(2,3)4)25-13-16-11-9-10-12-17(16)28/h9-13,15,19-20,28H,14H2,1-8H3,(H,26,30)(H,27,31)/t15-,19+,20-/m1/s1. The Balaban J connectivity index is 3.16. The van der Waals surface area contributed by atoms with Crippen LogP contribution in [-0.4, -0.2) is 66.5 Å². The molecular formula is C24H37N3O6. The van der Waals surface area contributed by atoms with E-state index in [0.29, 0.717) is 5.56 Å². The number of hydrogen-bond acceptors (Lipinski definition) is 7. The molecule has 3 atom stereocenters. The average Bonchev–Trinajstić information content (AvgIpc) is 2.69. The lowest BCUT2D eigenvalue weighted by molar-refractivity contribution is -0.143. The predicted molar refractivity (Wildman–Crippen MR) is 126 cm³/mol. The molecule has 0 saturated heterocycles. The van der Waals surface area contributed by atoms with Gasteiger partial charge in [-0.2, -0.15) is 0 Å².